The summed E-state index contributed by atoms with van der Waals surface area (Å²) in [5.41, 5.74) is 0.839. The molecule has 0 N–H and O–H groups in total. The van der Waals surface area contributed by atoms with Crippen molar-refractivity contribution in [2.24, 2.45) is 5.41 Å². The van der Waals surface area contributed by atoms with Crippen LogP contribution in [0.1, 0.15) is 32.3 Å². The van der Waals surface area contributed by atoms with E-state index in [0.717, 1.165) is 12.8 Å². The van der Waals surface area contributed by atoms with E-state index >= 15 is 0 Å². The molecule has 0 aliphatic carbocycles. The van der Waals surface area contributed by atoms with Gasteiger partial charge in [0.25, 0.3) is 0 Å². The van der Waals surface area contributed by atoms with Crippen LogP contribution in [0.2, 0.25) is 0 Å². The lowest BCUT2D eigenvalue weighted by Gasteiger charge is -2.10. The molecular weight excluding hydrogens is 228 g/mol. The van der Waals surface area contributed by atoms with Crippen LogP contribution in [-0.4, -0.2) is 18.7 Å². The van der Waals surface area contributed by atoms with Gasteiger partial charge in [-0.05, 0) is 19.4 Å². The van der Waals surface area contributed by atoms with Gasteiger partial charge in [0, 0.05) is 12.8 Å². The Balaban J connectivity index is 1.67. The second kappa shape index (κ2) is 5.53. The molecule has 98 valence electrons. The number of carbonyl (C=O) groups is 1. The van der Waals surface area contributed by atoms with Crippen molar-refractivity contribution in [1.82, 2.24) is 0 Å². The Hall–Kier alpha value is -1.35. The Morgan fingerprint density at radius 1 is 1.33 bits per heavy atom. The van der Waals surface area contributed by atoms with Gasteiger partial charge >= 0.3 is 5.97 Å². The van der Waals surface area contributed by atoms with Crippen molar-refractivity contribution >= 4 is 5.97 Å². The van der Waals surface area contributed by atoms with Crippen LogP contribution in [0.25, 0.3) is 0 Å². The van der Waals surface area contributed by atoms with Gasteiger partial charge in [-0.15, -0.1) is 0 Å². The Labute approximate surface area is 108 Å². The van der Waals surface area contributed by atoms with Gasteiger partial charge < -0.3 is 9.47 Å². The molecule has 0 unspecified atom stereocenters. The van der Waals surface area contributed by atoms with E-state index in [9.17, 15) is 4.79 Å². The van der Waals surface area contributed by atoms with Crippen molar-refractivity contribution in [2.75, 3.05) is 6.61 Å². The van der Waals surface area contributed by atoms with Gasteiger partial charge in [0.05, 0.1) is 18.6 Å². The normalized spacial score (nSPS) is 21.9. The topological polar surface area (TPSA) is 35.5 Å². The first-order valence-corrected chi connectivity index (χ1v) is 6.41. The molecule has 1 atom stereocenters. The highest BCUT2D eigenvalue weighted by atomic mass is 16.6. The number of rotatable bonds is 5. The van der Waals surface area contributed by atoms with Crippen LogP contribution in [0.15, 0.2) is 30.3 Å². The van der Waals surface area contributed by atoms with E-state index in [-0.39, 0.29) is 17.5 Å². The van der Waals surface area contributed by atoms with Gasteiger partial charge in [-0.2, -0.15) is 0 Å². The third kappa shape index (κ3) is 3.33. The Kier molecular flexibility index (Phi) is 4.02. The number of benzene rings is 1. The van der Waals surface area contributed by atoms with Crippen molar-refractivity contribution in [3.8, 4) is 0 Å². The fourth-order valence-electron chi connectivity index (χ4n) is 2.15. The quantitative estimate of drug-likeness (QED) is 0.593. The lowest BCUT2D eigenvalue weighted by Crippen LogP contribution is -2.16. The van der Waals surface area contributed by atoms with E-state index < -0.39 is 0 Å². The number of cyclic esters (lactones) is 1. The van der Waals surface area contributed by atoms with Crippen molar-refractivity contribution in [3.63, 3.8) is 0 Å². The molecule has 1 aromatic carbocycles. The van der Waals surface area contributed by atoms with Crippen LogP contribution in [0, 0.1) is 5.41 Å². The summed E-state index contributed by atoms with van der Waals surface area (Å²) in [7, 11) is 0. The van der Waals surface area contributed by atoms with Crippen LogP contribution in [-0.2, 0) is 20.9 Å². The number of hydrogen-bond acceptors (Lipinski definition) is 3. The largest absolute Gasteiger partial charge is 0.462 e. The number of carbonyl (C=O) groups excluding carboxylic acids is 1. The van der Waals surface area contributed by atoms with Gasteiger partial charge in [-0.25, -0.2) is 0 Å². The molecule has 1 aromatic rings. The summed E-state index contributed by atoms with van der Waals surface area (Å²) in [6.45, 7) is 5.11. The summed E-state index contributed by atoms with van der Waals surface area (Å²) in [4.78, 5) is 11.5. The number of hydrogen-bond donors (Lipinski definition) is 0. The van der Waals surface area contributed by atoms with E-state index in [1.54, 1.807) is 0 Å². The molecule has 1 saturated heterocycles. The monoisotopic (exact) mass is 248 g/mol. The summed E-state index contributed by atoms with van der Waals surface area (Å²) in [6.07, 6.45) is 1.59. The van der Waals surface area contributed by atoms with Gasteiger partial charge in [-0.1, -0.05) is 30.3 Å². The molecular formula is C15H20O3. The molecule has 1 heterocycles. The summed E-state index contributed by atoms with van der Waals surface area (Å²) in [6, 6.07) is 10.1. The van der Waals surface area contributed by atoms with E-state index in [4.69, 9.17) is 9.47 Å². The van der Waals surface area contributed by atoms with Crippen LogP contribution in [0.3, 0.4) is 0 Å². The maximum atomic E-state index is 11.5. The van der Waals surface area contributed by atoms with E-state index in [1.165, 1.54) is 5.56 Å². The molecule has 0 amide bonds. The van der Waals surface area contributed by atoms with E-state index in [0.29, 0.717) is 13.2 Å². The molecule has 0 bridgehead atoms. The molecule has 0 aromatic heterocycles. The van der Waals surface area contributed by atoms with Crippen molar-refractivity contribution in [2.45, 2.75) is 39.4 Å². The smallest absolute Gasteiger partial charge is 0.311 e. The third-order valence-corrected chi connectivity index (χ3v) is 3.26. The second-order valence-electron chi connectivity index (χ2n) is 5.44. The third-order valence-electron chi connectivity index (χ3n) is 3.26. The lowest BCUT2D eigenvalue weighted by atomic mass is 9.89. The Morgan fingerprint density at radius 2 is 2.06 bits per heavy atom. The Bertz CT molecular complexity index is 397. The SMILES string of the molecule is CC1(C)C[C@@H](CCOCc2ccccc2)OC1=O. The van der Waals surface area contributed by atoms with Crippen LogP contribution < -0.4 is 0 Å². The molecule has 18 heavy (non-hydrogen) atoms. The summed E-state index contributed by atoms with van der Waals surface area (Å²) >= 11 is 0. The number of ether oxygens (including phenoxy) is 2. The van der Waals surface area contributed by atoms with Gasteiger partial charge in [-0.3, -0.25) is 4.79 Å². The maximum Gasteiger partial charge on any atom is 0.311 e. The maximum absolute atomic E-state index is 11.5. The Morgan fingerprint density at radius 3 is 2.67 bits per heavy atom. The highest BCUT2D eigenvalue weighted by Gasteiger charge is 2.40. The summed E-state index contributed by atoms with van der Waals surface area (Å²) in [5, 5.41) is 0. The van der Waals surface area contributed by atoms with Crippen LogP contribution >= 0.6 is 0 Å². The minimum atomic E-state index is -0.329. The molecule has 3 nitrogen and oxygen atoms in total. The van der Waals surface area contributed by atoms with Crippen LogP contribution in [0.4, 0.5) is 0 Å². The molecule has 1 aliphatic rings. The molecule has 2 rings (SSSR count). The average molecular weight is 248 g/mol. The van der Waals surface area contributed by atoms with E-state index in [2.05, 4.69) is 0 Å². The predicted octanol–water partition coefficient (Wildman–Crippen LogP) is 2.94. The molecule has 0 radical (unpaired) electrons. The molecule has 3 heteroatoms. The van der Waals surface area contributed by atoms with Gasteiger partial charge in [0.2, 0.25) is 0 Å². The van der Waals surface area contributed by atoms with E-state index in [1.807, 2.05) is 44.2 Å². The summed E-state index contributed by atoms with van der Waals surface area (Å²) in [5.74, 6) is -0.0874. The fraction of sp³-hybridized carbons (Fsp3) is 0.533. The van der Waals surface area contributed by atoms with Crippen molar-refractivity contribution < 1.29 is 14.3 Å². The zero-order chi connectivity index (χ0) is 13.0. The molecule has 1 fully saturated rings. The van der Waals surface area contributed by atoms with Crippen LogP contribution in [0.5, 0.6) is 0 Å². The first-order chi connectivity index (χ1) is 8.58. The molecule has 1 aliphatic heterocycles. The fourth-order valence-corrected chi connectivity index (χ4v) is 2.15. The number of esters is 1. The zero-order valence-corrected chi connectivity index (χ0v) is 11.0. The molecule has 0 saturated carbocycles. The first-order valence-electron chi connectivity index (χ1n) is 6.41. The van der Waals surface area contributed by atoms with Gasteiger partial charge in [0.1, 0.15) is 6.10 Å². The van der Waals surface area contributed by atoms with Crippen molar-refractivity contribution in [1.29, 1.82) is 0 Å². The zero-order valence-electron chi connectivity index (χ0n) is 11.0. The first kappa shape index (κ1) is 13.1. The average Bonchev–Trinajstić information content (AvgIpc) is 2.60. The standard InChI is InChI=1S/C15H20O3/c1-15(2)10-13(18-14(15)16)8-9-17-11-12-6-4-3-5-7-12/h3-7,13H,8-11H2,1-2H3/t13-/m1/s1. The lowest BCUT2D eigenvalue weighted by molar-refractivity contribution is -0.147. The van der Waals surface area contributed by atoms with Gasteiger partial charge in [0.15, 0.2) is 0 Å². The summed E-state index contributed by atoms with van der Waals surface area (Å²) < 4.78 is 10.9. The minimum absolute atomic E-state index is 0.0169. The highest BCUT2D eigenvalue weighted by Crippen LogP contribution is 2.34. The van der Waals surface area contributed by atoms with Crippen molar-refractivity contribution in [3.05, 3.63) is 35.9 Å². The molecule has 0 spiro atoms. The predicted molar refractivity (Wildman–Crippen MR) is 69.0 cm³/mol. The second-order valence-corrected chi connectivity index (χ2v) is 5.44. The highest BCUT2D eigenvalue weighted by molar-refractivity contribution is 5.78. The minimum Gasteiger partial charge on any atom is -0.462 e.